The van der Waals surface area contributed by atoms with E-state index in [9.17, 15) is 4.79 Å². The SMILES string of the molecule is CC(C=NNC(=O)CSc1nnc(-c2ccc(Br)cc2)n1-c1ccccc1)=Cc1ccccc1. The molecule has 0 aliphatic rings. The van der Waals surface area contributed by atoms with Crippen LogP contribution in [-0.4, -0.2) is 32.6 Å². The Morgan fingerprint density at radius 1 is 1.00 bits per heavy atom. The van der Waals surface area contributed by atoms with E-state index in [-0.39, 0.29) is 11.7 Å². The van der Waals surface area contributed by atoms with E-state index < -0.39 is 0 Å². The van der Waals surface area contributed by atoms with E-state index in [1.807, 2.05) is 102 Å². The van der Waals surface area contributed by atoms with Crippen LogP contribution in [0.1, 0.15) is 12.5 Å². The number of nitrogens with one attached hydrogen (secondary N) is 1. The van der Waals surface area contributed by atoms with Crippen LogP contribution >= 0.6 is 27.7 Å². The highest BCUT2D eigenvalue weighted by atomic mass is 79.9. The van der Waals surface area contributed by atoms with Gasteiger partial charge in [0.2, 0.25) is 0 Å². The van der Waals surface area contributed by atoms with Gasteiger partial charge in [-0.2, -0.15) is 5.10 Å². The number of hydrogen-bond donors (Lipinski definition) is 1. The van der Waals surface area contributed by atoms with Gasteiger partial charge in [0, 0.05) is 15.7 Å². The molecule has 0 aliphatic heterocycles. The number of nitrogens with zero attached hydrogens (tertiary/aromatic N) is 4. The van der Waals surface area contributed by atoms with E-state index in [0.717, 1.165) is 26.9 Å². The summed E-state index contributed by atoms with van der Waals surface area (Å²) in [7, 11) is 0. The molecule has 1 aromatic heterocycles. The van der Waals surface area contributed by atoms with Gasteiger partial charge in [0.15, 0.2) is 11.0 Å². The number of hydrazone groups is 1. The van der Waals surface area contributed by atoms with Gasteiger partial charge >= 0.3 is 0 Å². The van der Waals surface area contributed by atoms with E-state index in [2.05, 4.69) is 36.7 Å². The molecule has 0 spiro atoms. The summed E-state index contributed by atoms with van der Waals surface area (Å²) >= 11 is 4.78. The second kappa shape index (κ2) is 11.6. The van der Waals surface area contributed by atoms with Crippen molar-refractivity contribution in [2.45, 2.75) is 12.1 Å². The van der Waals surface area contributed by atoms with Crippen LogP contribution in [0.3, 0.4) is 0 Å². The highest BCUT2D eigenvalue weighted by molar-refractivity contribution is 9.10. The Morgan fingerprint density at radius 2 is 1.68 bits per heavy atom. The van der Waals surface area contributed by atoms with E-state index in [0.29, 0.717) is 11.0 Å². The van der Waals surface area contributed by atoms with Gasteiger partial charge in [-0.05, 0) is 42.3 Å². The van der Waals surface area contributed by atoms with Gasteiger partial charge in [-0.3, -0.25) is 9.36 Å². The Labute approximate surface area is 210 Å². The summed E-state index contributed by atoms with van der Waals surface area (Å²) in [6.45, 7) is 1.93. The minimum absolute atomic E-state index is 0.157. The molecule has 8 heteroatoms. The summed E-state index contributed by atoms with van der Waals surface area (Å²) < 4.78 is 2.94. The number of amides is 1. The fraction of sp³-hybridized carbons (Fsp3) is 0.0769. The zero-order chi connectivity index (χ0) is 23.8. The molecule has 4 aromatic rings. The molecule has 3 aromatic carbocycles. The molecular weight excluding hydrogens is 510 g/mol. The lowest BCUT2D eigenvalue weighted by Gasteiger charge is -2.10. The maximum atomic E-state index is 12.4. The van der Waals surface area contributed by atoms with Crippen LogP contribution in [0.2, 0.25) is 0 Å². The Morgan fingerprint density at radius 3 is 2.38 bits per heavy atom. The first-order valence-corrected chi connectivity index (χ1v) is 12.3. The molecule has 34 heavy (non-hydrogen) atoms. The molecule has 1 heterocycles. The van der Waals surface area contributed by atoms with E-state index in [4.69, 9.17) is 0 Å². The summed E-state index contributed by atoms with van der Waals surface area (Å²) in [6.07, 6.45) is 3.63. The van der Waals surface area contributed by atoms with Gasteiger partial charge in [0.05, 0.1) is 12.0 Å². The van der Waals surface area contributed by atoms with Gasteiger partial charge in [0.1, 0.15) is 0 Å². The van der Waals surface area contributed by atoms with Gasteiger partial charge in [-0.15, -0.1) is 10.2 Å². The van der Waals surface area contributed by atoms with Crippen LogP contribution in [0, 0.1) is 0 Å². The van der Waals surface area contributed by atoms with E-state index >= 15 is 0 Å². The fourth-order valence-electron chi connectivity index (χ4n) is 3.18. The van der Waals surface area contributed by atoms with Gasteiger partial charge < -0.3 is 0 Å². The quantitative estimate of drug-likeness (QED) is 0.172. The molecule has 0 unspecified atom stereocenters. The van der Waals surface area contributed by atoms with Crippen molar-refractivity contribution in [3.05, 3.63) is 101 Å². The van der Waals surface area contributed by atoms with E-state index in [1.54, 1.807) is 6.21 Å². The Kier molecular flexibility index (Phi) is 8.06. The number of benzene rings is 3. The maximum Gasteiger partial charge on any atom is 0.250 e. The standard InChI is InChI=1S/C26H22BrN5OS/c1-19(16-20-8-4-2-5-9-20)17-28-29-24(33)18-34-26-31-30-25(21-12-14-22(27)15-13-21)32(26)23-10-6-3-7-11-23/h2-17H,18H2,1H3,(H,29,33). The predicted molar refractivity (Wildman–Crippen MR) is 142 cm³/mol. The lowest BCUT2D eigenvalue weighted by atomic mass is 10.1. The summed E-state index contributed by atoms with van der Waals surface area (Å²) in [4.78, 5) is 12.4. The molecule has 0 saturated carbocycles. The maximum absolute atomic E-state index is 12.4. The number of halogens is 1. The third-order valence-corrected chi connectivity index (χ3v) is 6.19. The number of para-hydroxylation sites is 1. The van der Waals surface area contributed by atoms with Crippen molar-refractivity contribution in [1.29, 1.82) is 0 Å². The molecule has 0 fully saturated rings. The third-order valence-electron chi connectivity index (χ3n) is 4.73. The number of aromatic nitrogens is 3. The van der Waals surface area contributed by atoms with Crippen molar-refractivity contribution in [2.75, 3.05) is 5.75 Å². The summed E-state index contributed by atoms with van der Waals surface area (Å²) in [5, 5.41) is 13.5. The zero-order valence-corrected chi connectivity index (χ0v) is 20.8. The van der Waals surface area contributed by atoms with Crippen LogP contribution < -0.4 is 5.43 Å². The molecule has 0 bridgehead atoms. The molecule has 0 aliphatic carbocycles. The fourth-order valence-corrected chi connectivity index (χ4v) is 4.19. The van der Waals surface area contributed by atoms with Crippen molar-refractivity contribution in [3.8, 4) is 17.1 Å². The normalized spacial score (nSPS) is 11.6. The number of carbonyl (C=O) groups is 1. The molecule has 0 radical (unpaired) electrons. The topological polar surface area (TPSA) is 72.2 Å². The molecule has 1 amide bonds. The number of carbonyl (C=O) groups excluding carboxylic acids is 1. The first-order valence-electron chi connectivity index (χ1n) is 10.5. The van der Waals surface area contributed by atoms with Crippen LogP contribution in [0.5, 0.6) is 0 Å². The van der Waals surface area contributed by atoms with Crippen LogP contribution in [-0.2, 0) is 4.79 Å². The predicted octanol–water partition coefficient (Wildman–Crippen LogP) is 5.99. The highest BCUT2D eigenvalue weighted by Crippen LogP contribution is 2.28. The molecule has 0 atom stereocenters. The van der Waals surface area contributed by atoms with Crippen LogP contribution in [0.4, 0.5) is 0 Å². The summed E-state index contributed by atoms with van der Waals surface area (Å²) in [5.41, 5.74) is 6.45. The average Bonchev–Trinajstić information content (AvgIpc) is 3.28. The second-order valence-electron chi connectivity index (χ2n) is 7.36. The van der Waals surface area contributed by atoms with Crippen molar-refractivity contribution >= 4 is 45.9 Å². The van der Waals surface area contributed by atoms with Crippen LogP contribution in [0.15, 0.2) is 105 Å². The first-order chi connectivity index (χ1) is 16.6. The molecule has 0 saturated heterocycles. The number of rotatable bonds is 8. The van der Waals surface area contributed by atoms with Gasteiger partial charge in [0.25, 0.3) is 5.91 Å². The van der Waals surface area contributed by atoms with Crippen molar-refractivity contribution in [1.82, 2.24) is 20.2 Å². The molecule has 6 nitrogen and oxygen atoms in total. The summed E-state index contributed by atoms with van der Waals surface area (Å²) in [6, 6.07) is 27.7. The van der Waals surface area contributed by atoms with Gasteiger partial charge in [-0.25, -0.2) is 5.43 Å². The minimum Gasteiger partial charge on any atom is -0.272 e. The Hall–Kier alpha value is -3.49. The second-order valence-corrected chi connectivity index (χ2v) is 9.22. The molecule has 4 rings (SSSR count). The third kappa shape index (κ3) is 6.30. The highest BCUT2D eigenvalue weighted by Gasteiger charge is 2.17. The molecule has 1 N–H and O–H groups in total. The van der Waals surface area contributed by atoms with E-state index in [1.165, 1.54) is 11.8 Å². The lowest BCUT2D eigenvalue weighted by Crippen LogP contribution is -2.20. The first kappa shape index (κ1) is 23.7. The van der Waals surface area contributed by atoms with Gasteiger partial charge in [-0.1, -0.05) is 94.4 Å². The summed E-state index contributed by atoms with van der Waals surface area (Å²) in [5.74, 6) is 0.646. The van der Waals surface area contributed by atoms with Crippen LogP contribution in [0.25, 0.3) is 23.2 Å². The smallest absolute Gasteiger partial charge is 0.250 e. The van der Waals surface area contributed by atoms with Crippen molar-refractivity contribution < 1.29 is 4.79 Å². The Balaban J connectivity index is 1.45. The lowest BCUT2D eigenvalue weighted by molar-refractivity contribution is -0.118. The largest absolute Gasteiger partial charge is 0.272 e. The monoisotopic (exact) mass is 531 g/mol. The number of allylic oxidation sites excluding steroid dienone is 1. The number of thioether (sulfide) groups is 1. The molecule has 170 valence electrons. The Bertz CT molecular complexity index is 1300. The molecular formula is C26H22BrN5OS. The average molecular weight is 532 g/mol. The van der Waals surface area contributed by atoms with Crippen molar-refractivity contribution in [2.24, 2.45) is 5.10 Å². The minimum atomic E-state index is -0.221. The number of hydrogen-bond acceptors (Lipinski definition) is 5. The zero-order valence-electron chi connectivity index (χ0n) is 18.4. The van der Waals surface area contributed by atoms with Crippen molar-refractivity contribution in [3.63, 3.8) is 0 Å².